The molecule has 1 amide bonds. The molecule has 0 aliphatic heterocycles. The topological polar surface area (TPSA) is 29.1 Å². The van der Waals surface area contributed by atoms with Crippen molar-refractivity contribution in [1.82, 2.24) is 5.32 Å². The molecule has 1 heterocycles. The Hall–Kier alpha value is 0.130. The first-order valence-electron chi connectivity index (χ1n) is 4.83. The van der Waals surface area contributed by atoms with Crippen LogP contribution in [0.3, 0.4) is 0 Å². The molecule has 1 aromatic rings. The lowest BCUT2D eigenvalue weighted by Crippen LogP contribution is -2.30. The van der Waals surface area contributed by atoms with Crippen molar-refractivity contribution in [3.05, 3.63) is 20.8 Å². The van der Waals surface area contributed by atoms with Gasteiger partial charge < -0.3 is 5.32 Å². The van der Waals surface area contributed by atoms with Gasteiger partial charge in [-0.05, 0) is 40.8 Å². The van der Waals surface area contributed by atoms with Crippen LogP contribution in [-0.2, 0) is 0 Å². The lowest BCUT2D eigenvalue weighted by molar-refractivity contribution is 0.0954. The van der Waals surface area contributed by atoms with E-state index in [-0.39, 0.29) is 5.91 Å². The summed E-state index contributed by atoms with van der Waals surface area (Å²) in [6, 6.07) is 1.85. The summed E-state index contributed by atoms with van der Waals surface area (Å²) in [5.41, 5.74) is 0.738. The summed E-state index contributed by atoms with van der Waals surface area (Å²) in [6.45, 7) is 0.719. The Kier molecular flexibility index (Phi) is 3.85. The van der Waals surface area contributed by atoms with Gasteiger partial charge in [0.2, 0.25) is 0 Å². The summed E-state index contributed by atoms with van der Waals surface area (Å²) < 4.78 is 0.991. The predicted molar refractivity (Wildman–Crippen MR) is 69.8 cm³/mol. The molecule has 0 bridgehead atoms. The molecule has 2 nitrogen and oxygen atoms in total. The molecule has 1 aliphatic rings. The minimum atomic E-state index is 0.0158. The zero-order valence-corrected chi connectivity index (χ0v) is 12.0. The van der Waals surface area contributed by atoms with Gasteiger partial charge in [-0.1, -0.05) is 15.9 Å². The molecule has 1 aliphatic carbocycles. The number of thiophene rings is 1. The van der Waals surface area contributed by atoms with Gasteiger partial charge in [0.05, 0.1) is 9.35 Å². The van der Waals surface area contributed by atoms with Crippen molar-refractivity contribution >= 4 is 49.1 Å². The van der Waals surface area contributed by atoms with E-state index in [4.69, 9.17) is 0 Å². The van der Waals surface area contributed by atoms with Crippen molar-refractivity contribution in [1.29, 1.82) is 0 Å². The van der Waals surface area contributed by atoms with Crippen molar-refractivity contribution < 1.29 is 4.79 Å². The molecular weight excluding hydrogens is 342 g/mol. The summed E-state index contributed by atoms with van der Waals surface area (Å²) in [6.07, 6.45) is 2.57. The number of hydrogen-bond acceptors (Lipinski definition) is 2. The molecule has 1 fully saturated rings. The standard InChI is InChI=1S/C10H11Br2NOS/c11-8(6-1-2-6)4-13-10(14)7-3-9(12)15-5-7/h3,5-6,8H,1-2,4H2,(H,13,14). The number of hydrogen-bond donors (Lipinski definition) is 1. The largest absolute Gasteiger partial charge is 0.351 e. The van der Waals surface area contributed by atoms with Crippen LogP contribution in [0.1, 0.15) is 23.2 Å². The normalized spacial score (nSPS) is 17.5. The van der Waals surface area contributed by atoms with E-state index < -0.39 is 0 Å². The predicted octanol–water partition coefficient (Wildman–Crippen LogP) is 3.41. The van der Waals surface area contributed by atoms with E-state index in [0.717, 1.165) is 21.8 Å². The number of halogens is 2. The molecule has 1 aromatic heterocycles. The summed E-state index contributed by atoms with van der Waals surface area (Å²) in [5.74, 6) is 0.779. The molecule has 5 heteroatoms. The maximum absolute atomic E-state index is 11.7. The number of alkyl halides is 1. The van der Waals surface area contributed by atoms with Gasteiger partial charge in [-0.2, -0.15) is 0 Å². The minimum absolute atomic E-state index is 0.0158. The first-order valence-corrected chi connectivity index (χ1v) is 7.42. The van der Waals surface area contributed by atoms with Crippen molar-refractivity contribution in [3.63, 3.8) is 0 Å². The van der Waals surface area contributed by atoms with Gasteiger partial charge in [0.25, 0.3) is 5.91 Å². The molecule has 2 rings (SSSR count). The number of nitrogens with one attached hydrogen (secondary N) is 1. The number of amides is 1. The van der Waals surface area contributed by atoms with Crippen LogP contribution < -0.4 is 5.32 Å². The third-order valence-corrected chi connectivity index (χ3v) is 5.00. The maximum Gasteiger partial charge on any atom is 0.252 e. The zero-order valence-electron chi connectivity index (χ0n) is 8.00. The quantitative estimate of drug-likeness (QED) is 0.826. The van der Waals surface area contributed by atoms with Crippen molar-refractivity contribution in [2.45, 2.75) is 17.7 Å². The number of carbonyl (C=O) groups is 1. The van der Waals surface area contributed by atoms with Crippen LogP contribution in [-0.4, -0.2) is 17.3 Å². The van der Waals surface area contributed by atoms with E-state index in [1.807, 2.05) is 11.4 Å². The van der Waals surface area contributed by atoms with Crippen molar-refractivity contribution in [3.8, 4) is 0 Å². The average Bonchev–Trinajstić information content (AvgIpc) is 2.97. The Labute approximate surface area is 110 Å². The fraction of sp³-hybridized carbons (Fsp3) is 0.500. The van der Waals surface area contributed by atoms with Crippen molar-refractivity contribution in [2.24, 2.45) is 5.92 Å². The van der Waals surface area contributed by atoms with E-state index in [1.54, 1.807) is 0 Å². The van der Waals surface area contributed by atoms with Crippen LogP contribution in [0.4, 0.5) is 0 Å². The molecule has 82 valence electrons. The highest BCUT2D eigenvalue weighted by Crippen LogP contribution is 2.36. The molecule has 0 aromatic carbocycles. The van der Waals surface area contributed by atoms with Gasteiger partial charge >= 0.3 is 0 Å². The van der Waals surface area contributed by atoms with Crippen LogP contribution in [0.15, 0.2) is 15.2 Å². The van der Waals surface area contributed by atoms with E-state index in [1.165, 1.54) is 24.2 Å². The minimum Gasteiger partial charge on any atom is -0.351 e. The Balaban J connectivity index is 1.81. The van der Waals surface area contributed by atoms with Crippen LogP contribution in [0.5, 0.6) is 0 Å². The lowest BCUT2D eigenvalue weighted by atomic mass is 10.2. The molecule has 1 unspecified atom stereocenters. The van der Waals surface area contributed by atoms with Crippen LogP contribution >= 0.6 is 43.2 Å². The van der Waals surface area contributed by atoms with Gasteiger partial charge in [0.15, 0.2) is 0 Å². The summed E-state index contributed by atoms with van der Waals surface area (Å²) >= 11 is 8.46. The van der Waals surface area contributed by atoms with Gasteiger partial charge in [0.1, 0.15) is 0 Å². The Morgan fingerprint density at radius 2 is 2.40 bits per heavy atom. The highest BCUT2D eigenvalue weighted by Gasteiger charge is 2.29. The third-order valence-electron chi connectivity index (χ3n) is 2.42. The third kappa shape index (κ3) is 3.29. The highest BCUT2D eigenvalue weighted by atomic mass is 79.9. The SMILES string of the molecule is O=C(NCC(Br)C1CC1)c1csc(Br)c1. The van der Waals surface area contributed by atoms with Gasteiger partial charge in [-0.25, -0.2) is 0 Å². The van der Waals surface area contributed by atoms with Crippen molar-refractivity contribution in [2.75, 3.05) is 6.54 Å². The summed E-state index contributed by atoms with van der Waals surface area (Å²) in [4.78, 5) is 12.1. The second-order valence-corrected chi connectivity index (χ2v) is 7.17. The Morgan fingerprint density at radius 3 is 2.93 bits per heavy atom. The van der Waals surface area contributed by atoms with Gasteiger partial charge in [-0.3, -0.25) is 4.79 Å². The summed E-state index contributed by atoms with van der Waals surface area (Å²) in [7, 11) is 0. The Bertz CT molecular complexity index is 362. The monoisotopic (exact) mass is 351 g/mol. The van der Waals surface area contributed by atoms with Crippen LogP contribution in [0, 0.1) is 5.92 Å². The molecule has 1 N–H and O–H groups in total. The number of carbonyl (C=O) groups excluding carboxylic acids is 1. The zero-order chi connectivity index (χ0) is 10.8. The highest BCUT2D eigenvalue weighted by molar-refractivity contribution is 9.11. The average molecular weight is 353 g/mol. The Morgan fingerprint density at radius 1 is 1.67 bits per heavy atom. The molecular formula is C10H11Br2NOS. The summed E-state index contributed by atoms with van der Waals surface area (Å²) in [5, 5.41) is 4.79. The molecule has 0 saturated heterocycles. The van der Waals surface area contributed by atoms with E-state index in [9.17, 15) is 4.79 Å². The van der Waals surface area contributed by atoms with Gasteiger partial charge in [0, 0.05) is 16.8 Å². The first-order chi connectivity index (χ1) is 7.16. The second-order valence-electron chi connectivity index (χ2n) is 3.70. The maximum atomic E-state index is 11.7. The lowest BCUT2D eigenvalue weighted by Gasteiger charge is -2.08. The molecule has 0 spiro atoms. The molecule has 1 saturated carbocycles. The fourth-order valence-electron chi connectivity index (χ4n) is 1.35. The number of rotatable bonds is 4. The fourth-order valence-corrected chi connectivity index (χ4v) is 3.17. The second kappa shape index (κ2) is 4.97. The molecule has 1 atom stereocenters. The van der Waals surface area contributed by atoms with Crippen LogP contribution in [0.25, 0.3) is 0 Å². The molecule has 15 heavy (non-hydrogen) atoms. The van der Waals surface area contributed by atoms with Gasteiger partial charge in [-0.15, -0.1) is 11.3 Å². The van der Waals surface area contributed by atoms with Crippen LogP contribution in [0.2, 0.25) is 0 Å². The van der Waals surface area contributed by atoms with E-state index >= 15 is 0 Å². The molecule has 0 radical (unpaired) electrons. The smallest absolute Gasteiger partial charge is 0.252 e. The van der Waals surface area contributed by atoms with E-state index in [2.05, 4.69) is 37.2 Å². The first kappa shape index (κ1) is 11.6. The van der Waals surface area contributed by atoms with E-state index in [0.29, 0.717) is 4.83 Å².